The summed E-state index contributed by atoms with van der Waals surface area (Å²) in [6.07, 6.45) is 4.28. The second-order valence-electron chi connectivity index (χ2n) is 7.43. The van der Waals surface area contributed by atoms with Crippen LogP contribution in [0.25, 0.3) is 29.0 Å². The summed E-state index contributed by atoms with van der Waals surface area (Å²) in [4.78, 5) is 6.80. The number of aryl methyl sites for hydroxylation is 1. The zero-order valence-corrected chi connectivity index (χ0v) is 16.5. The Morgan fingerprint density at radius 3 is 2.64 bits per heavy atom. The molecule has 28 heavy (non-hydrogen) atoms. The molecule has 5 nitrogen and oxygen atoms in total. The van der Waals surface area contributed by atoms with E-state index in [1.807, 2.05) is 19.1 Å². The third kappa shape index (κ3) is 2.48. The fourth-order valence-electron chi connectivity index (χ4n) is 3.93. The number of pyridine rings is 1. The first-order valence-corrected chi connectivity index (χ1v) is 9.54. The topological polar surface area (TPSA) is 38.1 Å². The first kappa shape index (κ1) is 16.9. The number of furan rings is 1. The number of benzene rings is 1. The van der Waals surface area contributed by atoms with E-state index in [-0.39, 0.29) is 6.85 Å². The molecule has 0 spiro atoms. The van der Waals surface area contributed by atoms with Crippen LogP contribution in [0.5, 0.6) is 0 Å². The largest absolute Gasteiger partial charge is 0.435 e. The van der Waals surface area contributed by atoms with E-state index in [1.54, 1.807) is 0 Å². The summed E-state index contributed by atoms with van der Waals surface area (Å²) in [7, 11) is 2.10. The molecule has 4 heterocycles. The molecular formula is C22H22BN4O+. The molecule has 4 aromatic rings. The van der Waals surface area contributed by atoms with Crippen LogP contribution in [0.3, 0.4) is 0 Å². The van der Waals surface area contributed by atoms with Gasteiger partial charge in [-0.05, 0) is 38.0 Å². The fraction of sp³-hybridized carbons (Fsp3) is 0.182. The molecule has 0 amide bonds. The van der Waals surface area contributed by atoms with E-state index in [0.717, 1.165) is 39.0 Å². The van der Waals surface area contributed by atoms with Crippen LogP contribution in [-0.4, -0.2) is 16.4 Å². The van der Waals surface area contributed by atoms with Crippen molar-refractivity contribution >= 4 is 35.9 Å². The van der Waals surface area contributed by atoms with Crippen LogP contribution in [0.2, 0.25) is 6.82 Å². The standard InChI is InChI=1S/C22H22BN4O/c1-15-10-11-18-19-12-23(3)27(13-20(19)28-22(18)24-15)21-14-26(16(2)25(21)4)17-8-6-5-7-9-17/h5-14H,1-4H3/q+1. The summed E-state index contributed by atoms with van der Waals surface area (Å²) < 4.78 is 10.5. The number of para-hydroxylation sites is 1. The molecule has 0 fully saturated rings. The monoisotopic (exact) mass is 369 g/mol. The first-order valence-electron chi connectivity index (χ1n) is 9.54. The van der Waals surface area contributed by atoms with Crippen molar-refractivity contribution in [1.82, 2.24) is 9.55 Å². The van der Waals surface area contributed by atoms with E-state index in [2.05, 4.69) is 88.4 Å². The van der Waals surface area contributed by atoms with Gasteiger partial charge >= 0.3 is 6.85 Å². The van der Waals surface area contributed by atoms with Crippen LogP contribution in [0.15, 0.2) is 53.1 Å². The highest BCUT2D eigenvalue weighted by Crippen LogP contribution is 2.19. The van der Waals surface area contributed by atoms with E-state index < -0.39 is 0 Å². The second kappa shape index (κ2) is 6.13. The average Bonchev–Trinajstić information content (AvgIpc) is 3.18. The third-order valence-electron chi connectivity index (χ3n) is 5.59. The van der Waals surface area contributed by atoms with Crippen molar-refractivity contribution in [3.8, 4) is 5.69 Å². The number of imidazole rings is 1. The lowest BCUT2D eigenvalue weighted by atomic mass is 9.61. The summed E-state index contributed by atoms with van der Waals surface area (Å²) in [6.45, 7) is 6.52. The molecule has 6 heteroatoms. The van der Waals surface area contributed by atoms with Gasteiger partial charge in [-0.2, -0.15) is 0 Å². The van der Waals surface area contributed by atoms with Gasteiger partial charge in [0.1, 0.15) is 11.9 Å². The molecule has 3 aromatic heterocycles. The second-order valence-corrected chi connectivity index (χ2v) is 7.43. The van der Waals surface area contributed by atoms with E-state index in [0.29, 0.717) is 5.71 Å². The summed E-state index contributed by atoms with van der Waals surface area (Å²) in [6, 6.07) is 14.5. The number of rotatable bonds is 2. The fourth-order valence-corrected chi connectivity index (χ4v) is 3.93. The smallest absolute Gasteiger partial charge is 0.363 e. The van der Waals surface area contributed by atoms with Crippen molar-refractivity contribution < 1.29 is 8.98 Å². The van der Waals surface area contributed by atoms with Crippen molar-refractivity contribution in [3.63, 3.8) is 0 Å². The van der Waals surface area contributed by atoms with Crippen molar-refractivity contribution in [2.24, 2.45) is 7.05 Å². The molecule has 0 radical (unpaired) electrons. The molecule has 0 saturated carbocycles. The van der Waals surface area contributed by atoms with Crippen LogP contribution in [0.1, 0.15) is 11.5 Å². The van der Waals surface area contributed by atoms with Gasteiger partial charge in [-0.1, -0.05) is 24.2 Å². The SMILES string of the molecule is CB1C=c2c(oc3nc(C)ccc23)=CN1c1cn(-c2ccccc2)c(C)[n+]1C. The summed E-state index contributed by atoms with van der Waals surface area (Å²) in [5.41, 5.74) is 3.68. The Hall–Kier alpha value is -3.28. The molecule has 1 aliphatic heterocycles. The van der Waals surface area contributed by atoms with Crippen LogP contribution in [0, 0.1) is 13.8 Å². The van der Waals surface area contributed by atoms with E-state index in [9.17, 15) is 0 Å². The molecule has 0 saturated heterocycles. The lowest BCUT2D eigenvalue weighted by Crippen LogP contribution is -2.47. The molecule has 1 aliphatic rings. The normalized spacial score (nSPS) is 13.4. The molecule has 0 N–H and O–H groups in total. The van der Waals surface area contributed by atoms with Gasteiger partial charge in [0.2, 0.25) is 17.4 Å². The quantitative estimate of drug-likeness (QED) is 0.402. The Bertz CT molecular complexity index is 1320. The maximum absolute atomic E-state index is 6.08. The van der Waals surface area contributed by atoms with E-state index >= 15 is 0 Å². The molecular weight excluding hydrogens is 347 g/mol. The van der Waals surface area contributed by atoms with E-state index in [4.69, 9.17) is 4.42 Å². The van der Waals surface area contributed by atoms with Crippen LogP contribution >= 0.6 is 0 Å². The van der Waals surface area contributed by atoms with Crippen molar-refractivity contribution in [1.29, 1.82) is 0 Å². The maximum Gasteiger partial charge on any atom is 0.363 e. The van der Waals surface area contributed by atoms with Crippen molar-refractivity contribution in [2.45, 2.75) is 20.7 Å². The van der Waals surface area contributed by atoms with Gasteiger partial charge in [0.15, 0.2) is 5.42 Å². The Labute approximate surface area is 163 Å². The molecule has 1 aromatic carbocycles. The predicted molar refractivity (Wildman–Crippen MR) is 113 cm³/mol. The Kier molecular flexibility index (Phi) is 3.69. The van der Waals surface area contributed by atoms with Gasteiger partial charge in [0.25, 0.3) is 0 Å². The predicted octanol–water partition coefficient (Wildman–Crippen LogP) is 2.26. The first-order chi connectivity index (χ1) is 13.5. The number of fused-ring (bicyclic) bond motifs is 3. The summed E-state index contributed by atoms with van der Waals surface area (Å²) >= 11 is 0. The molecule has 5 rings (SSSR count). The minimum atomic E-state index is 0.201. The van der Waals surface area contributed by atoms with Crippen LogP contribution in [0.4, 0.5) is 5.82 Å². The minimum absolute atomic E-state index is 0.201. The number of anilines is 1. The van der Waals surface area contributed by atoms with Crippen LogP contribution < -0.4 is 20.0 Å². The van der Waals surface area contributed by atoms with Gasteiger partial charge in [-0.3, -0.25) is 0 Å². The summed E-state index contributed by atoms with van der Waals surface area (Å²) in [5, 5.41) is 2.21. The minimum Gasteiger partial charge on any atom is -0.435 e. The zero-order chi connectivity index (χ0) is 19.4. The number of hydrogen-bond donors (Lipinski definition) is 0. The number of nitrogens with zero attached hydrogens (tertiary/aromatic N) is 4. The molecule has 0 unspecified atom stereocenters. The van der Waals surface area contributed by atoms with Gasteiger partial charge in [0, 0.05) is 23.2 Å². The van der Waals surface area contributed by atoms with Gasteiger partial charge in [-0.25, -0.2) is 14.1 Å². The molecule has 138 valence electrons. The molecule has 0 atom stereocenters. The van der Waals surface area contributed by atoms with E-state index in [1.165, 1.54) is 0 Å². The average molecular weight is 369 g/mol. The number of aromatic nitrogens is 3. The molecule has 0 aliphatic carbocycles. The lowest BCUT2D eigenvalue weighted by Gasteiger charge is -2.18. The van der Waals surface area contributed by atoms with Crippen molar-refractivity contribution in [3.05, 3.63) is 70.8 Å². The Morgan fingerprint density at radius 1 is 1.07 bits per heavy atom. The van der Waals surface area contributed by atoms with Crippen LogP contribution in [-0.2, 0) is 7.05 Å². The highest BCUT2D eigenvalue weighted by atomic mass is 16.3. The van der Waals surface area contributed by atoms with Crippen molar-refractivity contribution in [2.75, 3.05) is 4.81 Å². The van der Waals surface area contributed by atoms with Gasteiger partial charge in [0.05, 0.1) is 13.2 Å². The van der Waals surface area contributed by atoms with Gasteiger partial charge < -0.3 is 9.23 Å². The third-order valence-corrected chi connectivity index (χ3v) is 5.59. The van der Waals surface area contributed by atoms with Gasteiger partial charge in [-0.15, -0.1) is 0 Å². The molecule has 0 bridgehead atoms. The summed E-state index contributed by atoms with van der Waals surface area (Å²) in [5.74, 6) is 4.53. The lowest BCUT2D eigenvalue weighted by molar-refractivity contribution is -0.663. The highest BCUT2D eigenvalue weighted by Gasteiger charge is 2.30. The highest BCUT2D eigenvalue weighted by molar-refractivity contribution is 6.77. The zero-order valence-electron chi connectivity index (χ0n) is 16.5. The number of hydrogen-bond acceptors (Lipinski definition) is 3. The Balaban J connectivity index is 1.67. The Morgan fingerprint density at radius 2 is 1.86 bits per heavy atom. The maximum atomic E-state index is 6.08.